The van der Waals surface area contributed by atoms with Crippen molar-refractivity contribution in [1.29, 1.82) is 0 Å². The summed E-state index contributed by atoms with van der Waals surface area (Å²) in [6.07, 6.45) is 3.17. The van der Waals surface area contributed by atoms with Gasteiger partial charge in [-0.3, -0.25) is 14.4 Å². The summed E-state index contributed by atoms with van der Waals surface area (Å²) in [6.45, 7) is 0. The summed E-state index contributed by atoms with van der Waals surface area (Å²) in [7, 11) is 0. The van der Waals surface area contributed by atoms with E-state index in [0.29, 0.717) is 16.5 Å². The number of carbonyl (C=O) groups excluding carboxylic acids is 3. The van der Waals surface area contributed by atoms with E-state index in [4.69, 9.17) is 11.5 Å². The van der Waals surface area contributed by atoms with Gasteiger partial charge in [-0.25, -0.2) is 0 Å². The van der Waals surface area contributed by atoms with Crippen LogP contribution >= 0.6 is 23.1 Å². The number of rotatable bonds is 5. The predicted molar refractivity (Wildman–Crippen MR) is 90.7 cm³/mol. The quantitative estimate of drug-likeness (QED) is 0.738. The molecule has 2 aliphatic rings. The van der Waals surface area contributed by atoms with Gasteiger partial charge in [0, 0.05) is 6.42 Å². The number of thioether (sulfide) groups is 1. The number of carbonyl (C=O) groups is 3. The van der Waals surface area contributed by atoms with Crippen LogP contribution in [0.4, 0.5) is 5.00 Å². The normalized spacial score (nSPS) is 21.0. The van der Waals surface area contributed by atoms with Crippen LogP contribution in [0.5, 0.6) is 0 Å². The molecule has 1 fully saturated rings. The van der Waals surface area contributed by atoms with Gasteiger partial charge in [-0.15, -0.1) is 11.3 Å². The van der Waals surface area contributed by atoms with E-state index in [9.17, 15) is 14.4 Å². The molecular weight excluding hydrogens is 336 g/mol. The summed E-state index contributed by atoms with van der Waals surface area (Å²) >= 11 is 2.37. The van der Waals surface area contributed by atoms with Crippen LogP contribution in [0.2, 0.25) is 0 Å². The van der Waals surface area contributed by atoms with Gasteiger partial charge < -0.3 is 16.8 Å². The minimum Gasteiger partial charge on any atom is -0.378 e. The Hall–Kier alpha value is -1.87. The molecule has 0 saturated heterocycles. The number of nitrogens with zero attached hydrogens (tertiary/aromatic N) is 1. The van der Waals surface area contributed by atoms with Crippen LogP contribution in [-0.2, 0) is 9.59 Å². The number of anilines is 1. The lowest BCUT2D eigenvalue weighted by Gasteiger charge is -2.25. The van der Waals surface area contributed by atoms with E-state index in [1.165, 1.54) is 11.3 Å². The molecule has 1 aliphatic heterocycles. The Labute approximate surface area is 140 Å². The summed E-state index contributed by atoms with van der Waals surface area (Å²) in [4.78, 5) is 39.0. The van der Waals surface area contributed by atoms with Crippen LogP contribution < -0.4 is 16.8 Å². The molecule has 3 rings (SSSR count). The number of aliphatic imine (C=N–C) groups is 1. The van der Waals surface area contributed by atoms with Crippen LogP contribution in [0, 0.1) is 0 Å². The number of nitrogens with two attached hydrogens (primary N) is 2. The smallest absolute Gasteiger partial charge is 0.262 e. The van der Waals surface area contributed by atoms with Crippen molar-refractivity contribution in [3.05, 3.63) is 16.5 Å². The summed E-state index contributed by atoms with van der Waals surface area (Å²) in [5.74, 6) is -0.953. The third kappa shape index (κ3) is 3.25. The predicted octanol–water partition coefficient (Wildman–Crippen LogP) is 1.40. The van der Waals surface area contributed by atoms with Crippen molar-refractivity contribution >= 4 is 51.0 Å². The maximum atomic E-state index is 12.1. The molecule has 1 saturated carbocycles. The first kappa shape index (κ1) is 16.0. The molecule has 1 atom stereocenters. The molecule has 2 heterocycles. The molecule has 122 valence electrons. The van der Waals surface area contributed by atoms with Crippen LogP contribution in [-0.4, -0.2) is 28.1 Å². The minimum atomic E-state index is -0.599. The molecule has 3 amide bonds. The van der Waals surface area contributed by atoms with E-state index in [1.807, 2.05) is 5.38 Å². The Morgan fingerprint density at radius 3 is 2.65 bits per heavy atom. The van der Waals surface area contributed by atoms with Crippen molar-refractivity contribution < 1.29 is 14.4 Å². The van der Waals surface area contributed by atoms with Crippen LogP contribution in [0.25, 0.3) is 0 Å². The number of amidine groups is 1. The first-order valence-electron chi connectivity index (χ1n) is 7.21. The maximum absolute atomic E-state index is 12.1. The van der Waals surface area contributed by atoms with Crippen molar-refractivity contribution in [2.24, 2.45) is 16.5 Å². The maximum Gasteiger partial charge on any atom is 0.262 e. The zero-order valence-corrected chi connectivity index (χ0v) is 13.8. The molecule has 1 aromatic heterocycles. The summed E-state index contributed by atoms with van der Waals surface area (Å²) in [5.41, 5.74) is 12.3. The highest BCUT2D eigenvalue weighted by Crippen LogP contribution is 2.42. The fourth-order valence-electron chi connectivity index (χ4n) is 2.62. The molecule has 1 aromatic rings. The molecular formula is C14H16N4O3S2. The SMILES string of the molecule is NC(=O)c1c(C2CCC2)csc1NC(=O)CC1SC(N)=NC1=O. The Balaban J connectivity index is 1.70. The van der Waals surface area contributed by atoms with Crippen molar-refractivity contribution in [2.45, 2.75) is 36.9 Å². The Bertz CT molecular complexity index is 709. The van der Waals surface area contributed by atoms with E-state index in [0.717, 1.165) is 36.6 Å². The first-order valence-corrected chi connectivity index (χ1v) is 8.97. The van der Waals surface area contributed by atoms with E-state index in [1.54, 1.807) is 0 Å². The molecule has 0 aromatic carbocycles. The molecule has 1 unspecified atom stereocenters. The summed E-state index contributed by atoms with van der Waals surface area (Å²) in [5, 5.41) is 4.61. The molecule has 0 bridgehead atoms. The Morgan fingerprint density at radius 2 is 2.13 bits per heavy atom. The van der Waals surface area contributed by atoms with Gasteiger partial charge in [0.15, 0.2) is 5.17 Å². The monoisotopic (exact) mass is 352 g/mol. The average molecular weight is 352 g/mol. The van der Waals surface area contributed by atoms with Gasteiger partial charge >= 0.3 is 0 Å². The van der Waals surface area contributed by atoms with E-state index in [2.05, 4.69) is 10.3 Å². The molecule has 5 N–H and O–H groups in total. The summed E-state index contributed by atoms with van der Waals surface area (Å²) in [6, 6.07) is 0. The van der Waals surface area contributed by atoms with Crippen molar-refractivity contribution in [2.75, 3.05) is 5.32 Å². The largest absolute Gasteiger partial charge is 0.378 e. The van der Waals surface area contributed by atoms with Crippen molar-refractivity contribution in [3.63, 3.8) is 0 Å². The lowest BCUT2D eigenvalue weighted by atomic mass is 9.79. The van der Waals surface area contributed by atoms with Crippen LogP contribution in [0.3, 0.4) is 0 Å². The minimum absolute atomic E-state index is 0.0391. The molecule has 1 aliphatic carbocycles. The second-order valence-electron chi connectivity index (χ2n) is 5.53. The highest BCUT2D eigenvalue weighted by Gasteiger charge is 2.31. The van der Waals surface area contributed by atoms with Gasteiger partial charge in [0.25, 0.3) is 11.8 Å². The third-order valence-corrected chi connectivity index (χ3v) is 5.89. The number of primary amides is 1. The number of hydrogen-bond donors (Lipinski definition) is 3. The molecule has 0 spiro atoms. The zero-order chi connectivity index (χ0) is 16.6. The molecule has 23 heavy (non-hydrogen) atoms. The second-order valence-corrected chi connectivity index (χ2v) is 7.64. The van der Waals surface area contributed by atoms with Crippen LogP contribution in [0.15, 0.2) is 10.4 Å². The highest BCUT2D eigenvalue weighted by atomic mass is 32.2. The number of amides is 3. The molecule has 7 nitrogen and oxygen atoms in total. The lowest BCUT2D eigenvalue weighted by molar-refractivity contribution is -0.121. The third-order valence-electron chi connectivity index (χ3n) is 3.99. The lowest BCUT2D eigenvalue weighted by Crippen LogP contribution is -2.23. The number of thiophene rings is 1. The second kappa shape index (κ2) is 6.32. The van der Waals surface area contributed by atoms with Crippen molar-refractivity contribution in [1.82, 2.24) is 0 Å². The van der Waals surface area contributed by atoms with Gasteiger partial charge in [0.1, 0.15) is 10.3 Å². The molecule has 0 radical (unpaired) electrons. The Morgan fingerprint density at radius 1 is 1.39 bits per heavy atom. The topological polar surface area (TPSA) is 128 Å². The van der Waals surface area contributed by atoms with Gasteiger partial charge in [-0.1, -0.05) is 18.2 Å². The van der Waals surface area contributed by atoms with Crippen molar-refractivity contribution in [3.8, 4) is 0 Å². The van der Waals surface area contributed by atoms with E-state index < -0.39 is 17.1 Å². The van der Waals surface area contributed by atoms with Crippen LogP contribution in [0.1, 0.15) is 47.5 Å². The fourth-order valence-corrected chi connectivity index (χ4v) is 4.50. The average Bonchev–Trinajstić information content (AvgIpc) is 2.92. The Kier molecular flexibility index (Phi) is 4.40. The summed E-state index contributed by atoms with van der Waals surface area (Å²) < 4.78 is 0. The fraction of sp³-hybridized carbons (Fsp3) is 0.429. The van der Waals surface area contributed by atoms with E-state index in [-0.39, 0.29) is 17.5 Å². The van der Waals surface area contributed by atoms with Gasteiger partial charge in [-0.2, -0.15) is 4.99 Å². The van der Waals surface area contributed by atoms with Gasteiger partial charge in [0.2, 0.25) is 5.91 Å². The number of nitrogens with one attached hydrogen (secondary N) is 1. The standard InChI is InChI=1S/C14H16N4O3S2/c15-11(20)10-7(6-2-1-3-6)5-22-13(10)17-9(19)4-8-12(21)18-14(16)23-8/h5-6,8H,1-4H2,(H2,15,20)(H,17,19)(H2,16,18,21). The molecule has 9 heteroatoms. The first-order chi connectivity index (χ1) is 11.0. The number of hydrogen-bond acceptors (Lipinski definition) is 6. The highest BCUT2D eigenvalue weighted by molar-refractivity contribution is 8.15. The van der Waals surface area contributed by atoms with Gasteiger partial charge in [0.05, 0.1) is 5.56 Å². The van der Waals surface area contributed by atoms with E-state index >= 15 is 0 Å². The van der Waals surface area contributed by atoms with Gasteiger partial charge in [-0.05, 0) is 29.7 Å². The zero-order valence-electron chi connectivity index (χ0n) is 12.2.